The Bertz CT molecular complexity index is 1280. The highest BCUT2D eigenvalue weighted by Gasteiger charge is 2.51. The van der Waals surface area contributed by atoms with Crippen LogP contribution in [0.3, 0.4) is 0 Å². The van der Waals surface area contributed by atoms with Gasteiger partial charge in [-0.1, -0.05) is 26.8 Å². The van der Waals surface area contributed by atoms with Crippen molar-refractivity contribution in [1.29, 1.82) is 0 Å². The molecule has 5 rings (SSSR count). The standard InChI is InChI=1S/C36H55F2N5O3/c1-8-39-15-17-40(18-16-39)34(46)32-20-27(43(24(2)44)26-11-13-36(6,7)14-12-26)21-42(32)33(45)30-23-41(35(3,4)5)22-29(30)28-10-9-25(37)19-31(28)38/h9-10,19,26-27,29-30,32H,8,11-18,20-23H2,1-7H3/t27-,29-,30+,32-/m0/s1. The zero-order valence-corrected chi connectivity index (χ0v) is 29.0. The molecule has 1 aromatic rings. The molecule has 46 heavy (non-hydrogen) atoms. The topological polar surface area (TPSA) is 67.4 Å². The molecular weight excluding hydrogens is 588 g/mol. The van der Waals surface area contributed by atoms with Crippen LogP contribution in [0.25, 0.3) is 0 Å². The van der Waals surface area contributed by atoms with Gasteiger partial charge in [-0.25, -0.2) is 8.78 Å². The van der Waals surface area contributed by atoms with Crippen LogP contribution in [-0.4, -0.2) is 118 Å². The minimum atomic E-state index is -0.685. The summed E-state index contributed by atoms with van der Waals surface area (Å²) in [6, 6.07) is 2.74. The number of carbonyl (C=O) groups is 3. The van der Waals surface area contributed by atoms with Crippen molar-refractivity contribution in [2.75, 3.05) is 52.4 Å². The van der Waals surface area contributed by atoms with Gasteiger partial charge >= 0.3 is 0 Å². The summed E-state index contributed by atoms with van der Waals surface area (Å²) in [5, 5.41) is 0. The molecule has 3 heterocycles. The number of halogens is 2. The number of likely N-dealkylation sites (tertiary alicyclic amines) is 2. The molecule has 4 fully saturated rings. The van der Waals surface area contributed by atoms with Crippen LogP contribution in [-0.2, 0) is 14.4 Å². The lowest BCUT2D eigenvalue weighted by Crippen LogP contribution is -2.55. The molecule has 4 atom stereocenters. The Morgan fingerprint density at radius 1 is 0.935 bits per heavy atom. The second-order valence-corrected chi connectivity index (χ2v) is 15.9. The van der Waals surface area contributed by atoms with Crippen molar-refractivity contribution in [2.45, 2.75) is 110 Å². The second-order valence-electron chi connectivity index (χ2n) is 15.9. The minimum absolute atomic E-state index is 0.0159. The first-order valence-corrected chi connectivity index (χ1v) is 17.4. The van der Waals surface area contributed by atoms with Crippen molar-refractivity contribution in [3.63, 3.8) is 0 Å². The fraction of sp³-hybridized carbons (Fsp3) is 0.750. The number of rotatable bonds is 6. The molecule has 0 aromatic heterocycles. The van der Waals surface area contributed by atoms with Crippen molar-refractivity contribution >= 4 is 17.7 Å². The van der Waals surface area contributed by atoms with E-state index in [2.05, 4.69) is 51.3 Å². The van der Waals surface area contributed by atoms with E-state index in [-0.39, 0.29) is 47.3 Å². The number of benzene rings is 1. The Balaban J connectivity index is 1.46. The smallest absolute Gasteiger partial charge is 0.245 e. The molecular formula is C36H55F2N5O3. The van der Waals surface area contributed by atoms with Gasteiger partial charge in [0.1, 0.15) is 17.7 Å². The Kier molecular flexibility index (Phi) is 10.2. The molecule has 0 unspecified atom stereocenters. The SMILES string of the molecule is CCN1CCN(C(=O)[C@@H]2C[C@H](N(C(C)=O)C3CCC(C)(C)CC3)CN2C(=O)[C@@H]2CN(C(C)(C)C)C[C@H]2c2ccc(F)cc2F)CC1. The molecule has 0 radical (unpaired) electrons. The molecule has 256 valence electrons. The van der Waals surface area contributed by atoms with Crippen LogP contribution in [0.5, 0.6) is 0 Å². The third kappa shape index (κ3) is 7.28. The number of carbonyl (C=O) groups excluding carboxylic acids is 3. The summed E-state index contributed by atoms with van der Waals surface area (Å²) in [6.45, 7) is 19.4. The Morgan fingerprint density at radius 3 is 2.15 bits per heavy atom. The largest absolute Gasteiger partial charge is 0.338 e. The number of piperazine rings is 1. The van der Waals surface area contributed by atoms with Crippen molar-refractivity contribution in [3.8, 4) is 0 Å². The molecule has 0 bridgehead atoms. The molecule has 4 aliphatic rings. The van der Waals surface area contributed by atoms with Crippen LogP contribution in [0.1, 0.15) is 92.1 Å². The van der Waals surface area contributed by atoms with Gasteiger partial charge in [-0.2, -0.15) is 0 Å². The molecule has 1 saturated carbocycles. The molecule has 3 amide bonds. The fourth-order valence-electron chi connectivity index (χ4n) is 8.39. The van der Waals surface area contributed by atoms with Gasteiger partial charge in [0.25, 0.3) is 0 Å². The Morgan fingerprint density at radius 2 is 1.59 bits per heavy atom. The van der Waals surface area contributed by atoms with Gasteiger partial charge in [0, 0.05) is 76.3 Å². The highest BCUT2D eigenvalue weighted by Crippen LogP contribution is 2.42. The predicted molar refractivity (Wildman–Crippen MR) is 175 cm³/mol. The summed E-state index contributed by atoms with van der Waals surface area (Å²) < 4.78 is 29.2. The Hall–Kier alpha value is -2.59. The van der Waals surface area contributed by atoms with E-state index in [0.29, 0.717) is 38.2 Å². The summed E-state index contributed by atoms with van der Waals surface area (Å²) in [7, 11) is 0. The van der Waals surface area contributed by atoms with Crippen LogP contribution in [0.2, 0.25) is 0 Å². The number of hydrogen-bond acceptors (Lipinski definition) is 5. The van der Waals surface area contributed by atoms with Gasteiger partial charge in [-0.15, -0.1) is 0 Å². The van der Waals surface area contributed by atoms with E-state index < -0.39 is 29.5 Å². The first-order valence-electron chi connectivity index (χ1n) is 17.4. The van der Waals surface area contributed by atoms with E-state index >= 15 is 4.39 Å². The third-order valence-electron chi connectivity index (χ3n) is 11.4. The number of amides is 3. The van der Waals surface area contributed by atoms with Crippen molar-refractivity contribution in [1.82, 2.24) is 24.5 Å². The van der Waals surface area contributed by atoms with E-state index in [4.69, 9.17) is 0 Å². The number of likely N-dealkylation sites (N-methyl/N-ethyl adjacent to an activating group) is 1. The van der Waals surface area contributed by atoms with Gasteiger partial charge < -0.3 is 19.6 Å². The highest BCUT2D eigenvalue weighted by molar-refractivity contribution is 5.90. The molecule has 3 aliphatic heterocycles. The number of nitrogens with zero attached hydrogens (tertiary/aromatic N) is 5. The summed E-state index contributed by atoms with van der Waals surface area (Å²) in [4.78, 5) is 52.4. The third-order valence-corrected chi connectivity index (χ3v) is 11.4. The Labute approximate surface area is 274 Å². The van der Waals surface area contributed by atoms with Crippen molar-refractivity contribution in [2.24, 2.45) is 11.3 Å². The summed E-state index contributed by atoms with van der Waals surface area (Å²) in [5.74, 6) is -2.65. The van der Waals surface area contributed by atoms with E-state index in [0.717, 1.165) is 51.4 Å². The summed E-state index contributed by atoms with van der Waals surface area (Å²) in [5.41, 5.74) is 0.295. The first kappa shape index (κ1) is 34.7. The van der Waals surface area contributed by atoms with Gasteiger partial charge in [0.2, 0.25) is 17.7 Å². The van der Waals surface area contributed by atoms with E-state index in [1.54, 1.807) is 11.8 Å². The first-order chi connectivity index (χ1) is 21.6. The highest BCUT2D eigenvalue weighted by atomic mass is 19.1. The molecule has 8 nitrogen and oxygen atoms in total. The summed E-state index contributed by atoms with van der Waals surface area (Å²) in [6.07, 6.45) is 4.27. The zero-order chi connectivity index (χ0) is 33.6. The monoisotopic (exact) mass is 643 g/mol. The lowest BCUT2D eigenvalue weighted by Gasteiger charge is -2.42. The predicted octanol–water partition coefficient (Wildman–Crippen LogP) is 4.73. The van der Waals surface area contributed by atoms with Gasteiger partial charge in [-0.05, 0) is 76.5 Å². The van der Waals surface area contributed by atoms with Crippen LogP contribution in [0.4, 0.5) is 8.78 Å². The maximum Gasteiger partial charge on any atom is 0.245 e. The zero-order valence-electron chi connectivity index (χ0n) is 29.0. The van der Waals surface area contributed by atoms with Gasteiger partial charge in [0.05, 0.1) is 12.0 Å². The van der Waals surface area contributed by atoms with Crippen molar-refractivity contribution < 1.29 is 23.2 Å². The molecule has 10 heteroatoms. The second kappa shape index (κ2) is 13.5. The normalized spacial score (nSPS) is 28.1. The quantitative estimate of drug-likeness (QED) is 0.449. The maximum atomic E-state index is 15.3. The van der Waals surface area contributed by atoms with Crippen LogP contribution < -0.4 is 0 Å². The van der Waals surface area contributed by atoms with Gasteiger partial charge in [0.15, 0.2) is 0 Å². The lowest BCUT2D eigenvalue weighted by molar-refractivity contribution is -0.147. The van der Waals surface area contributed by atoms with Gasteiger partial charge in [-0.3, -0.25) is 19.3 Å². The van der Waals surface area contributed by atoms with Crippen LogP contribution in [0, 0.1) is 23.0 Å². The molecule has 0 N–H and O–H groups in total. The molecule has 3 saturated heterocycles. The number of hydrogen-bond donors (Lipinski definition) is 0. The maximum absolute atomic E-state index is 15.3. The van der Waals surface area contributed by atoms with Crippen LogP contribution in [0.15, 0.2) is 18.2 Å². The van der Waals surface area contributed by atoms with E-state index in [1.165, 1.54) is 12.1 Å². The summed E-state index contributed by atoms with van der Waals surface area (Å²) >= 11 is 0. The van der Waals surface area contributed by atoms with Crippen molar-refractivity contribution in [3.05, 3.63) is 35.4 Å². The van der Waals surface area contributed by atoms with E-state index in [9.17, 15) is 18.8 Å². The lowest BCUT2D eigenvalue weighted by atomic mass is 9.75. The molecule has 1 aliphatic carbocycles. The average Bonchev–Trinajstić information content (AvgIpc) is 3.63. The van der Waals surface area contributed by atoms with E-state index in [1.807, 2.05) is 9.80 Å². The molecule has 1 aromatic carbocycles. The van der Waals surface area contributed by atoms with Crippen LogP contribution >= 0.6 is 0 Å². The minimum Gasteiger partial charge on any atom is -0.338 e. The average molecular weight is 644 g/mol. The molecule has 0 spiro atoms. The fourth-order valence-corrected chi connectivity index (χ4v) is 8.39.